The van der Waals surface area contributed by atoms with E-state index in [4.69, 9.17) is 0 Å². The molecule has 7 heteroatoms. The lowest BCUT2D eigenvalue weighted by Crippen LogP contribution is -2.30. The van der Waals surface area contributed by atoms with Crippen LogP contribution in [0.15, 0.2) is 53.4 Å². The third kappa shape index (κ3) is 5.55. The number of rotatable bonds is 9. The van der Waals surface area contributed by atoms with Crippen LogP contribution in [0.2, 0.25) is 0 Å². The molecule has 2 aromatic rings. The summed E-state index contributed by atoms with van der Waals surface area (Å²) in [6, 6.07) is 14.2. The number of aryl methyl sites for hydroxylation is 1. The van der Waals surface area contributed by atoms with Crippen LogP contribution in [0.5, 0.6) is 0 Å². The fourth-order valence-corrected chi connectivity index (χ4v) is 4.24. The van der Waals surface area contributed by atoms with Gasteiger partial charge >= 0.3 is 0 Å². The van der Waals surface area contributed by atoms with Crippen molar-refractivity contribution in [2.75, 3.05) is 30.3 Å². The number of hydrogen-bond acceptors (Lipinski definition) is 4. The van der Waals surface area contributed by atoms with Crippen molar-refractivity contribution in [1.29, 1.82) is 0 Å². The third-order valence-corrected chi connectivity index (χ3v) is 6.30. The van der Waals surface area contributed by atoms with E-state index in [-0.39, 0.29) is 17.3 Å². The molecular formula is C20H27N3O3S. The van der Waals surface area contributed by atoms with E-state index in [1.54, 1.807) is 38.1 Å². The predicted octanol–water partition coefficient (Wildman–Crippen LogP) is 3.33. The van der Waals surface area contributed by atoms with Crippen LogP contribution in [-0.2, 0) is 21.2 Å². The molecule has 0 bridgehead atoms. The highest BCUT2D eigenvalue weighted by Gasteiger charge is 2.21. The van der Waals surface area contributed by atoms with Crippen LogP contribution in [-0.4, -0.2) is 38.3 Å². The first-order chi connectivity index (χ1) is 12.9. The summed E-state index contributed by atoms with van der Waals surface area (Å²) in [5.74, 6) is -0.194. The van der Waals surface area contributed by atoms with E-state index in [1.807, 2.05) is 24.3 Å². The average molecular weight is 390 g/mol. The van der Waals surface area contributed by atoms with Gasteiger partial charge in [-0.2, -0.15) is 4.31 Å². The lowest BCUT2D eigenvalue weighted by Gasteiger charge is -2.19. The average Bonchev–Trinajstić information content (AvgIpc) is 2.67. The highest BCUT2D eigenvalue weighted by molar-refractivity contribution is 7.89. The number of carbonyl (C=O) groups is 1. The molecule has 0 aliphatic carbocycles. The van der Waals surface area contributed by atoms with Gasteiger partial charge in [-0.25, -0.2) is 8.42 Å². The summed E-state index contributed by atoms with van der Waals surface area (Å²) in [5, 5.41) is 5.83. The molecule has 0 radical (unpaired) electrons. The molecule has 27 heavy (non-hydrogen) atoms. The van der Waals surface area contributed by atoms with Crippen LogP contribution in [0, 0.1) is 0 Å². The number of amides is 1. The molecule has 0 spiro atoms. The zero-order chi connectivity index (χ0) is 19.9. The number of hydrogen-bond donors (Lipinski definition) is 2. The Labute approximate surface area is 161 Å². The SMILES string of the molecule is CCc1cccc(NC(=O)CNc2cccc(S(=O)(=O)N(CC)CC)c2)c1. The summed E-state index contributed by atoms with van der Waals surface area (Å²) in [6.07, 6.45) is 0.899. The molecule has 2 N–H and O–H groups in total. The molecule has 0 fully saturated rings. The van der Waals surface area contributed by atoms with Gasteiger partial charge in [-0.05, 0) is 42.3 Å². The van der Waals surface area contributed by atoms with Crippen molar-refractivity contribution in [3.8, 4) is 0 Å². The molecule has 146 valence electrons. The molecule has 2 aromatic carbocycles. The Morgan fingerprint density at radius 1 is 0.963 bits per heavy atom. The van der Waals surface area contributed by atoms with Crippen molar-refractivity contribution in [2.45, 2.75) is 32.1 Å². The first-order valence-corrected chi connectivity index (χ1v) is 10.6. The zero-order valence-electron chi connectivity index (χ0n) is 16.0. The highest BCUT2D eigenvalue weighted by atomic mass is 32.2. The Bertz CT molecular complexity index is 878. The van der Waals surface area contributed by atoms with E-state index in [0.717, 1.165) is 17.7 Å². The maximum absolute atomic E-state index is 12.6. The molecule has 0 saturated heterocycles. The van der Waals surface area contributed by atoms with Crippen LogP contribution >= 0.6 is 0 Å². The zero-order valence-corrected chi connectivity index (χ0v) is 16.8. The smallest absolute Gasteiger partial charge is 0.243 e. The van der Waals surface area contributed by atoms with Crippen LogP contribution in [0.3, 0.4) is 0 Å². The lowest BCUT2D eigenvalue weighted by molar-refractivity contribution is -0.114. The van der Waals surface area contributed by atoms with Crippen molar-refractivity contribution in [3.63, 3.8) is 0 Å². The van der Waals surface area contributed by atoms with Crippen LogP contribution in [0.4, 0.5) is 11.4 Å². The van der Waals surface area contributed by atoms with Crippen molar-refractivity contribution < 1.29 is 13.2 Å². The van der Waals surface area contributed by atoms with E-state index < -0.39 is 10.0 Å². The summed E-state index contributed by atoms with van der Waals surface area (Å²) in [5.41, 5.74) is 2.48. The molecule has 0 heterocycles. The van der Waals surface area contributed by atoms with Gasteiger partial charge in [0.05, 0.1) is 11.4 Å². The minimum atomic E-state index is -3.53. The monoisotopic (exact) mass is 389 g/mol. The Hall–Kier alpha value is -2.38. The number of sulfonamides is 1. The van der Waals surface area contributed by atoms with Gasteiger partial charge in [-0.3, -0.25) is 4.79 Å². The van der Waals surface area contributed by atoms with Gasteiger partial charge in [0.2, 0.25) is 15.9 Å². The fraction of sp³-hybridized carbons (Fsp3) is 0.350. The molecule has 0 atom stereocenters. The number of carbonyl (C=O) groups excluding carboxylic acids is 1. The number of nitrogens with one attached hydrogen (secondary N) is 2. The maximum atomic E-state index is 12.6. The Morgan fingerprint density at radius 3 is 2.30 bits per heavy atom. The molecular weight excluding hydrogens is 362 g/mol. The Kier molecular flexibility index (Phi) is 7.38. The minimum absolute atomic E-state index is 0.0467. The van der Waals surface area contributed by atoms with Crippen molar-refractivity contribution in [1.82, 2.24) is 4.31 Å². The van der Waals surface area contributed by atoms with E-state index in [9.17, 15) is 13.2 Å². The molecule has 0 aliphatic rings. The van der Waals surface area contributed by atoms with Crippen molar-refractivity contribution >= 4 is 27.3 Å². The topological polar surface area (TPSA) is 78.5 Å². The van der Waals surface area contributed by atoms with Crippen molar-refractivity contribution in [3.05, 3.63) is 54.1 Å². The fourth-order valence-electron chi connectivity index (χ4n) is 2.74. The second kappa shape index (κ2) is 9.53. The van der Waals surface area contributed by atoms with Crippen molar-refractivity contribution in [2.24, 2.45) is 0 Å². The summed E-state index contributed by atoms with van der Waals surface area (Å²) in [7, 11) is -3.53. The van der Waals surface area contributed by atoms with E-state index in [0.29, 0.717) is 18.8 Å². The van der Waals surface area contributed by atoms with Gasteiger partial charge in [0, 0.05) is 24.5 Å². The summed E-state index contributed by atoms with van der Waals surface area (Å²) >= 11 is 0. The van der Waals surface area contributed by atoms with Crippen LogP contribution < -0.4 is 10.6 Å². The molecule has 6 nitrogen and oxygen atoms in total. The largest absolute Gasteiger partial charge is 0.376 e. The molecule has 0 aliphatic heterocycles. The maximum Gasteiger partial charge on any atom is 0.243 e. The van der Waals surface area contributed by atoms with Gasteiger partial charge < -0.3 is 10.6 Å². The number of benzene rings is 2. The normalized spacial score (nSPS) is 11.4. The van der Waals surface area contributed by atoms with E-state index >= 15 is 0 Å². The molecule has 0 saturated carbocycles. The number of nitrogens with zero attached hydrogens (tertiary/aromatic N) is 1. The summed E-state index contributed by atoms with van der Waals surface area (Å²) in [4.78, 5) is 12.4. The predicted molar refractivity (Wildman–Crippen MR) is 109 cm³/mol. The molecule has 2 rings (SSSR count). The number of anilines is 2. The second-order valence-corrected chi connectivity index (χ2v) is 8.01. The molecule has 1 amide bonds. The standard InChI is InChI=1S/C20H27N3O3S/c1-4-16-9-7-11-18(13-16)22-20(24)15-21-17-10-8-12-19(14-17)27(25,26)23(5-2)6-3/h7-14,21H,4-6,15H2,1-3H3,(H,22,24). The quantitative estimate of drug-likeness (QED) is 0.689. The first kappa shape index (κ1) is 20.9. The van der Waals surface area contributed by atoms with Gasteiger partial charge in [0.25, 0.3) is 0 Å². The van der Waals surface area contributed by atoms with Gasteiger partial charge in [0.1, 0.15) is 0 Å². The van der Waals surface area contributed by atoms with Crippen LogP contribution in [0.25, 0.3) is 0 Å². The minimum Gasteiger partial charge on any atom is -0.376 e. The van der Waals surface area contributed by atoms with Gasteiger partial charge in [-0.15, -0.1) is 0 Å². The van der Waals surface area contributed by atoms with Crippen LogP contribution in [0.1, 0.15) is 26.3 Å². The Morgan fingerprint density at radius 2 is 1.63 bits per heavy atom. The van der Waals surface area contributed by atoms with E-state index in [1.165, 1.54) is 4.31 Å². The van der Waals surface area contributed by atoms with E-state index in [2.05, 4.69) is 17.6 Å². The first-order valence-electron chi connectivity index (χ1n) is 9.13. The second-order valence-electron chi connectivity index (χ2n) is 6.07. The summed E-state index contributed by atoms with van der Waals surface area (Å²) < 4.78 is 26.6. The van der Waals surface area contributed by atoms with Gasteiger partial charge in [0.15, 0.2) is 0 Å². The molecule has 0 unspecified atom stereocenters. The van der Waals surface area contributed by atoms with Gasteiger partial charge in [-0.1, -0.05) is 39.0 Å². The summed E-state index contributed by atoms with van der Waals surface area (Å²) in [6.45, 7) is 6.54. The Balaban J connectivity index is 2.03. The third-order valence-electron chi connectivity index (χ3n) is 4.25. The highest BCUT2D eigenvalue weighted by Crippen LogP contribution is 2.19. The lowest BCUT2D eigenvalue weighted by atomic mass is 10.1. The molecule has 0 aromatic heterocycles.